The Hall–Kier alpha value is -1.29. The summed E-state index contributed by atoms with van der Waals surface area (Å²) in [5.74, 6) is 6.60. The molecule has 2 nitrogen and oxygen atoms in total. The summed E-state index contributed by atoms with van der Waals surface area (Å²) >= 11 is 1.82. The number of hydrogen-bond donors (Lipinski definition) is 2. The van der Waals surface area contributed by atoms with Gasteiger partial charge in [-0.05, 0) is 29.7 Å². The maximum absolute atomic E-state index is 5.68. The van der Waals surface area contributed by atoms with E-state index in [1.165, 1.54) is 16.0 Å². The fourth-order valence-corrected chi connectivity index (χ4v) is 2.92. The number of hydrazine groups is 1. The van der Waals surface area contributed by atoms with Gasteiger partial charge < -0.3 is 0 Å². The fraction of sp³-hybridized carbons (Fsp3) is 0.250. The molecule has 0 aliphatic carbocycles. The highest BCUT2D eigenvalue weighted by Crippen LogP contribution is 2.24. The molecule has 0 aliphatic heterocycles. The predicted molar refractivity (Wildman–Crippen MR) is 83.1 cm³/mol. The van der Waals surface area contributed by atoms with E-state index in [2.05, 4.69) is 60.9 Å². The van der Waals surface area contributed by atoms with Crippen molar-refractivity contribution in [1.29, 1.82) is 0 Å². The first-order valence-corrected chi connectivity index (χ1v) is 7.55. The van der Waals surface area contributed by atoms with Crippen LogP contribution in [0.5, 0.6) is 0 Å². The lowest BCUT2D eigenvalue weighted by Gasteiger charge is -2.16. The minimum atomic E-state index is 0.177. The zero-order valence-corrected chi connectivity index (χ0v) is 12.0. The third kappa shape index (κ3) is 4.10. The number of thioether (sulfide) groups is 1. The van der Waals surface area contributed by atoms with E-state index in [0.717, 1.165) is 12.2 Å². The molecule has 0 spiro atoms. The van der Waals surface area contributed by atoms with Gasteiger partial charge in [0.15, 0.2) is 0 Å². The minimum absolute atomic E-state index is 0.177. The van der Waals surface area contributed by atoms with Crippen LogP contribution in [0.15, 0.2) is 59.5 Å². The van der Waals surface area contributed by atoms with Crippen molar-refractivity contribution in [3.05, 3.63) is 65.7 Å². The van der Waals surface area contributed by atoms with E-state index in [4.69, 9.17) is 5.84 Å². The van der Waals surface area contributed by atoms with Crippen molar-refractivity contribution in [2.24, 2.45) is 5.84 Å². The van der Waals surface area contributed by atoms with E-state index in [1.807, 2.05) is 17.8 Å². The Kier molecular flexibility index (Phi) is 5.45. The van der Waals surface area contributed by atoms with Crippen molar-refractivity contribution in [2.75, 3.05) is 5.75 Å². The summed E-state index contributed by atoms with van der Waals surface area (Å²) < 4.78 is 0. The number of rotatable bonds is 6. The standard InChI is InChI=1S/C16H20N2S/c1-2-13-8-10-14(11-9-13)16(18-17)12-19-15-6-4-3-5-7-15/h3-11,16,18H,2,12,17H2,1H3. The van der Waals surface area contributed by atoms with E-state index in [-0.39, 0.29) is 6.04 Å². The Morgan fingerprint density at radius 3 is 2.32 bits per heavy atom. The summed E-state index contributed by atoms with van der Waals surface area (Å²) in [4.78, 5) is 1.27. The molecule has 0 saturated heterocycles. The maximum Gasteiger partial charge on any atom is 0.0553 e. The lowest BCUT2D eigenvalue weighted by atomic mass is 10.1. The lowest BCUT2D eigenvalue weighted by Crippen LogP contribution is -2.29. The summed E-state index contributed by atoms with van der Waals surface area (Å²) in [7, 11) is 0. The average Bonchev–Trinajstić information content (AvgIpc) is 2.49. The number of aryl methyl sites for hydroxylation is 1. The molecule has 0 aromatic heterocycles. The van der Waals surface area contributed by atoms with Gasteiger partial charge >= 0.3 is 0 Å². The van der Waals surface area contributed by atoms with Gasteiger partial charge in [0, 0.05) is 10.6 Å². The van der Waals surface area contributed by atoms with Gasteiger partial charge in [-0.3, -0.25) is 11.3 Å². The summed E-state index contributed by atoms with van der Waals surface area (Å²) in [6, 6.07) is 19.2. The first-order chi connectivity index (χ1) is 9.33. The van der Waals surface area contributed by atoms with Gasteiger partial charge in [0.05, 0.1) is 6.04 Å². The second kappa shape index (κ2) is 7.34. The van der Waals surface area contributed by atoms with Crippen molar-refractivity contribution >= 4 is 11.8 Å². The van der Waals surface area contributed by atoms with Gasteiger partial charge in [-0.25, -0.2) is 0 Å². The quantitative estimate of drug-likeness (QED) is 0.480. The van der Waals surface area contributed by atoms with Crippen molar-refractivity contribution in [3.8, 4) is 0 Å². The predicted octanol–water partition coefficient (Wildman–Crippen LogP) is 3.55. The molecule has 0 aliphatic rings. The van der Waals surface area contributed by atoms with Crippen molar-refractivity contribution in [3.63, 3.8) is 0 Å². The Morgan fingerprint density at radius 2 is 1.74 bits per heavy atom. The van der Waals surface area contributed by atoms with Crippen molar-refractivity contribution < 1.29 is 0 Å². The summed E-state index contributed by atoms with van der Waals surface area (Å²) in [6.07, 6.45) is 1.07. The van der Waals surface area contributed by atoms with E-state index in [1.54, 1.807) is 0 Å². The van der Waals surface area contributed by atoms with Crippen LogP contribution in [0.2, 0.25) is 0 Å². The number of nitrogens with one attached hydrogen (secondary N) is 1. The smallest absolute Gasteiger partial charge is 0.0553 e. The highest BCUT2D eigenvalue weighted by Gasteiger charge is 2.09. The molecule has 0 bridgehead atoms. The van der Waals surface area contributed by atoms with Gasteiger partial charge in [0.25, 0.3) is 0 Å². The van der Waals surface area contributed by atoms with E-state index < -0.39 is 0 Å². The number of hydrogen-bond acceptors (Lipinski definition) is 3. The minimum Gasteiger partial charge on any atom is -0.271 e. The van der Waals surface area contributed by atoms with Crippen LogP contribution in [0, 0.1) is 0 Å². The van der Waals surface area contributed by atoms with Crippen LogP contribution in [0.1, 0.15) is 24.1 Å². The van der Waals surface area contributed by atoms with Crippen LogP contribution < -0.4 is 11.3 Å². The Labute approximate surface area is 119 Å². The lowest BCUT2D eigenvalue weighted by molar-refractivity contribution is 0.610. The van der Waals surface area contributed by atoms with E-state index in [0.29, 0.717) is 0 Å². The van der Waals surface area contributed by atoms with Crippen molar-refractivity contribution in [2.45, 2.75) is 24.3 Å². The SMILES string of the molecule is CCc1ccc(C(CSc2ccccc2)NN)cc1. The Balaban J connectivity index is 1.99. The Bertz CT molecular complexity index is 482. The molecule has 0 saturated carbocycles. The topological polar surface area (TPSA) is 38.0 Å². The molecule has 19 heavy (non-hydrogen) atoms. The second-order valence-electron chi connectivity index (χ2n) is 4.44. The van der Waals surface area contributed by atoms with E-state index >= 15 is 0 Å². The Morgan fingerprint density at radius 1 is 1.05 bits per heavy atom. The average molecular weight is 272 g/mol. The molecular formula is C16H20N2S. The van der Waals surface area contributed by atoms with Gasteiger partial charge in [0.1, 0.15) is 0 Å². The first kappa shape index (κ1) is 14.1. The molecule has 1 unspecified atom stereocenters. The molecule has 0 fully saturated rings. The van der Waals surface area contributed by atoms with Crippen LogP contribution in [-0.2, 0) is 6.42 Å². The number of nitrogens with two attached hydrogens (primary N) is 1. The molecule has 100 valence electrons. The number of benzene rings is 2. The van der Waals surface area contributed by atoms with Gasteiger partial charge in [-0.2, -0.15) is 0 Å². The monoisotopic (exact) mass is 272 g/mol. The molecule has 1 atom stereocenters. The third-order valence-corrected chi connectivity index (χ3v) is 4.26. The van der Waals surface area contributed by atoms with Crippen LogP contribution in [0.25, 0.3) is 0 Å². The molecule has 2 aromatic carbocycles. The zero-order valence-electron chi connectivity index (χ0n) is 11.2. The molecule has 0 radical (unpaired) electrons. The molecule has 3 N–H and O–H groups in total. The molecule has 0 heterocycles. The molecule has 0 amide bonds. The molecule has 3 heteroatoms. The van der Waals surface area contributed by atoms with E-state index in [9.17, 15) is 0 Å². The zero-order chi connectivity index (χ0) is 13.5. The molecular weight excluding hydrogens is 252 g/mol. The summed E-state index contributed by atoms with van der Waals surface area (Å²) in [6.45, 7) is 2.17. The molecule has 2 aromatic rings. The molecule has 2 rings (SSSR count). The normalized spacial score (nSPS) is 12.3. The summed E-state index contributed by atoms with van der Waals surface area (Å²) in [5.41, 5.74) is 5.50. The fourth-order valence-electron chi connectivity index (χ4n) is 1.92. The van der Waals surface area contributed by atoms with Gasteiger partial charge in [-0.1, -0.05) is 49.4 Å². The van der Waals surface area contributed by atoms with Crippen LogP contribution in [0.3, 0.4) is 0 Å². The maximum atomic E-state index is 5.68. The largest absolute Gasteiger partial charge is 0.271 e. The highest BCUT2D eigenvalue weighted by atomic mass is 32.2. The van der Waals surface area contributed by atoms with Crippen LogP contribution in [-0.4, -0.2) is 5.75 Å². The van der Waals surface area contributed by atoms with Crippen LogP contribution in [0.4, 0.5) is 0 Å². The second-order valence-corrected chi connectivity index (χ2v) is 5.53. The highest BCUT2D eigenvalue weighted by molar-refractivity contribution is 7.99. The first-order valence-electron chi connectivity index (χ1n) is 6.56. The third-order valence-electron chi connectivity index (χ3n) is 3.15. The van der Waals surface area contributed by atoms with Gasteiger partial charge in [-0.15, -0.1) is 11.8 Å². The van der Waals surface area contributed by atoms with Crippen LogP contribution >= 0.6 is 11.8 Å². The van der Waals surface area contributed by atoms with Gasteiger partial charge in [0.2, 0.25) is 0 Å². The van der Waals surface area contributed by atoms with Crippen molar-refractivity contribution in [1.82, 2.24) is 5.43 Å². The summed E-state index contributed by atoms with van der Waals surface area (Å²) in [5, 5.41) is 0.